The van der Waals surface area contributed by atoms with Gasteiger partial charge in [0.1, 0.15) is 5.75 Å². The molecular formula is C27H35N5O2. The summed E-state index contributed by atoms with van der Waals surface area (Å²) < 4.78 is 7.80. The van der Waals surface area contributed by atoms with Crippen molar-refractivity contribution in [2.75, 3.05) is 44.2 Å². The molecule has 1 saturated heterocycles. The number of nitrogens with zero attached hydrogens (tertiary/aromatic N) is 4. The highest BCUT2D eigenvalue weighted by molar-refractivity contribution is 5.78. The van der Waals surface area contributed by atoms with E-state index in [1.54, 1.807) is 0 Å². The molecule has 3 aromatic rings. The van der Waals surface area contributed by atoms with Gasteiger partial charge in [0.05, 0.1) is 31.1 Å². The topological polar surface area (TPSA) is 62.6 Å². The zero-order valence-electron chi connectivity index (χ0n) is 20.5. The summed E-state index contributed by atoms with van der Waals surface area (Å²) in [7, 11) is 0. The van der Waals surface area contributed by atoms with Gasteiger partial charge < -0.3 is 15.0 Å². The second-order valence-electron chi connectivity index (χ2n) is 8.73. The standard InChI is InChI=1S/C27H35N5O2/c1-4-34-26-13-9-8-12-25(26)31-16-14-30(15-17-31)20-27(33)28-18-24-21(2)29-32(22(24)3)19-23-10-6-5-7-11-23/h5-13H,4,14-20H2,1-3H3,(H,28,33). The second-order valence-corrected chi connectivity index (χ2v) is 8.73. The molecule has 180 valence electrons. The van der Waals surface area contributed by atoms with Crippen LogP contribution < -0.4 is 15.0 Å². The summed E-state index contributed by atoms with van der Waals surface area (Å²) in [6, 6.07) is 18.5. The van der Waals surface area contributed by atoms with Crippen LogP contribution in [0, 0.1) is 13.8 Å². The second kappa shape index (κ2) is 11.2. The number of hydrogen-bond donors (Lipinski definition) is 1. The molecule has 0 saturated carbocycles. The van der Waals surface area contributed by atoms with Crippen molar-refractivity contribution in [2.24, 2.45) is 0 Å². The van der Waals surface area contributed by atoms with Crippen LogP contribution in [0.1, 0.15) is 29.4 Å². The molecule has 0 radical (unpaired) electrons. The Morgan fingerprint density at radius 1 is 1.00 bits per heavy atom. The maximum Gasteiger partial charge on any atom is 0.234 e. The van der Waals surface area contributed by atoms with Gasteiger partial charge in [0.25, 0.3) is 0 Å². The number of hydrogen-bond acceptors (Lipinski definition) is 5. The molecule has 7 heteroatoms. The Morgan fingerprint density at radius 2 is 1.71 bits per heavy atom. The van der Waals surface area contributed by atoms with Gasteiger partial charge in [0.15, 0.2) is 0 Å². The van der Waals surface area contributed by atoms with Gasteiger partial charge >= 0.3 is 0 Å². The van der Waals surface area contributed by atoms with E-state index in [1.807, 2.05) is 54.9 Å². The minimum Gasteiger partial charge on any atom is -0.492 e. The van der Waals surface area contributed by atoms with Crippen molar-refractivity contribution in [3.05, 3.63) is 77.1 Å². The molecule has 1 fully saturated rings. The third-order valence-electron chi connectivity index (χ3n) is 6.41. The first kappa shape index (κ1) is 23.8. The third kappa shape index (κ3) is 5.78. The van der Waals surface area contributed by atoms with E-state index in [1.165, 1.54) is 5.56 Å². The van der Waals surface area contributed by atoms with Crippen molar-refractivity contribution in [1.29, 1.82) is 0 Å². The Labute approximate surface area is 202 Å². The highest BCUT2D eigenvalue weighted by atomic mass is 16.5. The summed E-state index contributed by atoms with van der Waals surface area (Å²) >= 11 is 0. The van der Waals surface area contributed by atoms with Crippen LogP contribution in [0.5, 0.6) is 5.75 Å². The molecule has 0 bridgehead atoms. The van der Waals surface area contributed by atoms with Crippen molar-refractivity contribution in [3.8, 4) is 5.75 Å². The Bertz CT molecular complexity index is 1090. The number of rotatable bonds is 9. The zero-order chi connectivity index (χ0) is 23.9. The molecule has 7 nitrogen and oxygen atoms in total. The fraction of sp³-hybridized carbons (Fsp3) is 0.407. The Hall–Kier alpha value is -3.32. The molecule has 1 aliphatic rings. The maximum atomic E-state index is 12.7. The summed E-state index contributed by atoms with van der Waals surface area (Å²) in [5.41, 5.74) is 5.51. The van der Waals surface area contributed by atoms with Gasteiger partial charge in [-0.15, -0.1) is 0 Å². The number of aromatic nitrogens is 2. The highest BCUT2D eigenvalue weighted by Gasteiger charge is 2.21. The number of nitrogens with one attached hydrogen (secondary N) is 1. The zero-order valence-corrected chi connectivity index (χ0v) is 20.5. The first-order valence-electron chi connectivity index (χ1n) is 12.1. The predicted molar refractivity (Wildman–Crippen MR) is 135 cm³/mol. The Balaban J connectivity index is 1.27. The summed E-state index contributed by atoms with van der Waals surface area (Å²) in [4.78, 5) is 17.2. The number of aryl methyl sites for hydroxylation is 1. The van der Waals surface area contributed by atoms with Crippen LogP contribution in [0.4, 0.5) is 5.69 Å². The number of para-hydroxylation sites is 2. The van der Waals surface area contributed by atoms with Crippen LogP contribution in [-0.2, 0) is 17.9 Å². The van der Waals surface area contributed by atoms with Gasteiger partial charge in [-0.25, -0.2) is 0 Å². The molecule has 0 aliphatic carbocycles. The van der Waals surface area contributed by atoms with E-state index in [4.69, 9.17) is 9.84 Å². The van der Waals surface area contributed by atoms with Crippen LogP contribution in [0.3, 0.4) is 0 Å². The van der Waals surface area contributed by atoms with Gasteiger partial charge in [-0.05, 0) is 38.5 Å². The fourth-order valence-corrected chi connectivity index (χ4v) is 4.49. The van der Waals surface area contributed by atoms with E-state index < -0.39 is 0 Å². The number of piperazine rings is 1. The summed E-state index contributed by atoms with van der Waals surface area (Å²) in [6.45, 7) is 11.8. The third-order valence-corrected chi connectivity index (χ3v) is 6.41. The van der Waals surface area contributed by atoms with Crippen LogP contribution in [0.25, 0.3) is 0 Å². The molecule has 0 atom stereocenters. The van der Waals surface area contributed by atoms with Crippen LogP contribution in [0.2, 0.25) is 0 Å². The summed E-state index contributed by atoms with van der Waals surface area (Å²) in [5, 5.41) is 7.80. The normalized spacial score (nSPS) is 14.3. The molecule has 1 N–H and O–H groups in total. The number of carbonyl (C=O) groups excluding carboxylic acids is 1. The number of anilines is 1. The highest BCUT2D eigenvalue weighted by Crippen LogP contribution is 2.28. The lowest BCUT2D eigenvalue weighted by Crippen LogP contribution is -2.49. The van der Waals surface area contributed by atoms with Crippen LogP contribution in [0.15, 0.2) is 54.6 Å². The summed E-state index contributed by atoms with van der Waals surface area (Å²) in [5.74, 6) is 0.979. The SMILES string of the molecule is CCOc1ccccc1N1CCN(CC(=O)NCc2c(C)nn(Cc3ccccc3)c2C)CC1. The average molecular weight is 462 g/mol. The summed E-state index contributed by atoms with van der Waals surface area (Å²) in [6.07, 6.45) is 0. The number of ether oxygens (including phenoxy) is 1. The van der Waals surface area contributed by atoms with E-state index >= 15 is 0 Å². The minimum absolute atomic E-state index is 0.0535. The smallest absolute Gasteiger partial charge is 0.234 e. The number of benzene rings is 2. The molecule has 1 aliphatic heterocycles. The van der Waals surface area contributed by atoms with E-state index in [9.17, 15) is 4.79 Å². The van der Waals surface area contributed by atoms with Crippen LogP contribution in [-0.4, -0.2) is 59.9 Å². The quantitative estimate of drug-likeness (QED) is 0.529. The van der Waals surface area contributed by atoms with Crippen molar-refractivity contribution in [3.63, 3.8) is 0 Å². The molecular weight excluding hydrogens is 426 g/mol. The van der Waals surface area contributed by atoms with Crippen molar-refractivity contribution >= 4 is 11.6 Å². The van der Waals surface area contributed by atoms with E-state index in [0.717, 1.165) is 61.1 Å². The van der Waals surface area contributed by atoms with Crippen LogP contribution >= 0.6 is 0 Å². The Morgan fingerprint density at radius 3 is 2.44 bits per heavy atom. The van der Waals surface area contributed by atoms with E-state index in [-0.39, 0.29) is 5.91 Å². The molecule has 34 heavy (non-hydrogen) atoms. The number of carbonyl (C=O) groups is 1. The largest absolute Gasteiger partial charge is 0.492 e. The monoisotopic (exact) mass is 461 g/mol. The van der Waals surface area contributed by atoms with Gasteiger partial charge in [-0.1, -0.05) is 42.5 Å². The van der Waals surface area contributed by atoms with Crippen molar-refractivity contribution < 1.29 is 9.53 Å². The molecule has 1 aromatic heterocycles. The average Bonchev–Trinajstić information content (AvgIpc) is 3.11. The lowest BCUT2D eigenvalue weighted by Gasteiger charge is -2.36. The number of amides is 1. The first-order valence-corrected chi connectivity index (χ1v) is 12.1. The molecule has 2 aromatic carbocycles. The predicted octanol–water partition coefficient (Wildman–Crippen LogP) is 3.39. The molecule has 1 amide bonds. The van der Waals surface area contributed by atoms with Crippen molar-refractivity contribution in [2.45, 2.75) is 33.9 Å². The van der Waals surface area contributed by atoms with Gasteiger partial charge in [0.2, 0.25) is 5.91 Å². The first-order chi connectivity index (χ1) is 16.5. The van der Waals surface area contributed by atoms with Gasteiger partial charge in [-0.3, -0.25) is 14.4 Å². The minimum atomic E-state index is 0.0535. The van der Waals surface area contributed by atoms with E-state index in [2.05, 4.69) is 40.2 Å². The van der Waals surface area contributed by atoms with Gasteiger partial charge in [-0.2, -0.15) is 5.10 Å². The fourth-order valence-electron chi connectivity index (χ4n) is 4.49. The Kier molecular flexibility index (Phi) is 7.85. The molecule has 4 rings (SSSR count). The lowest BCUT2D eigenvalue weighted by molar-refractivity contribution is -0.122. The molecule has 2 heterocycles. The molecule has 0 unspecified atom stereocenters. The maximum absolute atomic E-state index is 12.7. The van der Waals surface area contributed by atoms with Crippen molar-refractivity contribution in [1.82, 2.24) is 20.0 Å². The van der Waals surface area contributed by atoms with E-state index in [0.29, 0.717) is 19.7 Å². The lowest BCUT2D eigenvalue weighted by atomic mass is 10.2. The van der Waals surface area contributed by atoms with Gasteiger partial charge in [0, 0.05) is 44.0 Å². The molecule has 0 spiro atoms.